The van der Waals surface area contributed by atoms with Crippen LogP contribution < -0.4 is 4.90 Å². The molecular formula is C15H21FN2O2. The largest absolute Gasteiger partial charge is 0.391 e. The van der Waals surface area contributed by atoms with E-state index in [0.717, 1.165) is 6.54 Å². The summed E-state index contributed by atoms with van der Waals surface area (Å²) in [6.07, 6.45) is 0.193. The second-order valence-corrected chi connectivity index (χ2v) is 5.68. The molecule has 0 saturated carbocycles. The van der Waals surface area contributed by atoms with Crippen molar-refractivity contribution < 1.29 is 14.3 Å². The predicted molar refractivity (Wildman–Crippen MR) is 76.7 cm³/mol. The number of halogens is 1. The number of nitrogens with zero attached hydrogens (tertiary/aromatic N) is 2. The molecule has 5 heteroatoms. The highest BCUT2D eigenvalue weighted by Crippen LogP contribution is 2.29. The molecule has 0 aliphatic carbocycles. The first-order chi connectivity index (χ1) is 9.38. The molecule has 2 unspecified atom stereocenters. The highest BCUT2D eigenvalue weighted by molar-refractivity contribution is 5.94. The molecule has 110 valence electrons. The molecule has 1 aliphatic heterocycles. The summed E-state index contributed by atoms with van der Waals surface area (Å²) in [5.74, 6) is -0.558. The lowest BCUT2D eigenvalue weighted by Crippen LogP contribution is -2.38. The van der Waals surface area contributed by atoms with Crippen molar-refractivity contribution in [3.05, 3.63) is 29.6 Å². The number of hydrogen-bond acceptors (Lipinski definition) is 4. The maximum Gasteiger partial charge on any atom is 0.159 e. The van der Waals surface area contributed by atoms with E-state index in [1.165, 1.54) is 13.0 Å². The van der Waals surface area contributed by atoms with Gasteiger partial charge in [0.15, 0.2) is 5.78 Å². The van der Waals surface area contributed by atoms with Crippen LogP contribution in [-0.2, 0) is 0 Å². The first-order valence-corrected chi connectivity index (χ1v) is 6.78. The maximum absolute atomic E-state index is 14.2. The molecule has 4 nitrogen and oxygen atoms in total. The van der Waals surface area contributed by atoms with Gasteiger partial charge in [-0.2, -0.15) is 0 Å². The molecule has 0 amide bonds. The van der Waals surface area contributed by atoms with Crippen molar-refractivity contribution in [2.24, 2.45) is 0 Å². The highest BCUT2D eigenvalue weighted by atomic mass is 19.1. The summed E-state index contributed by atoms with van der Waals surface area (Å²) >= 11 is 0. The normalized spacial score (nSPS) is 22.6. The highest BCUT2D eigenvalue weighted by Gasteiger charge is 2.32. The van der Waals surface area contributed by atoms with E-state index < -0.39 is 11.9 Å². The summed E-state index contributed by atoms with van der Waals surface area (Å²) in [4.78, 5) is 15.2. The molecule has 0 aromatic heterocycles. The zero-order chi connectivity index (χ0) is 14.9. The third kappa shape index (κ3) is 3.16. The number of carbonyl (C=O) groups excluding carboxylic acids is 1. The summed E-state index contributed by atoms with van der Waals surface area (Å²) in [6.45, 7) is 2.60. The second kappa shape index (κ2) is 5.89. The molecule has 0 bridgehead atoms. The van der Waals surface area contributed by atoms with Crippen LogP contribution in [0.3, 0.4) is 0 Å². The smallest absolute Gasteiger partial charge is 0.159 e. The molecule has 0 spiro atoms. The van der Waals surface area contributed by atoms with Gasteiger partial charge in [-0.1, -0.05) is 0 Å². The Hall–Kier alpha value is -1.46. The molecule has 1 heterocycles. The average molecular weight is 280 g/mol. The molecule has 1 saturated heterocycles. The zero-order valence-corrected chi connectivity index (χ0v) is 12.1. The van der Waals surface area contributed by atoms with Gasteiger partial charge in [0.25, 0.3) is 0 Å². The number of Topliss-reactive ketones (excluding diaryl/α,β-unsaturated/α-hetero) is 1. The number of benzene rings is 1. The van der Waals surface area contributed by atoms with E-state index in [0.29, 0.717) is 24.2 Å². The van der Waals surface area contributed by atoms with Crippen LogP contribution in [0.2, 0.25) is 0 Å². The molecule has 1 N–H and O–H groups in total. The van der Waals surface area contributed by atoms with Crippen LogP contribution in [0.15, 0.2) is 18.2 Å². The first-order valence-electron chi connectivity index (χ1n) is 6.78. The third-order valence-corrected chi connectivity index (χ3v) is 3.63. The third-order valence-electron chi connectivity index (χ3n) is 3.63. The van der Waals surface area contributed by atoms with Gasteiger partial charge in [-0.25, -0.2) is 4.39 Å². The SMILES string of the molecule is CC(=O)c1ccc(N2CC(O)CC2CN(C)C)c(F)c1. The fraction of sp³-hybridized carbons (Fsp3) is 0.533. The molecule has 1 fully saturated rings. The van der Waals surface area contributed by atoms with Crippen LogP contribution >= 0.6 is 0 Å². The van der Waals surface area contributed by atoms with Crippen LogP contribution in [-0.4, -0.2) is 55.1 Å². The van der Waals surface area contributed by atoms with Gasteiger partial charge >= 0.3 is 0 Å². The average Bonchev–Trinajstić information content (AvgIpc) is 2.68. The van der Waals surface area contributed by atoms with Gasteiger partial charge in [-0.15, -0.1) is 0 Å². The number of β-amino-alcohol motifs (C(OH)–C–C–N with tert-alkyl or cyclic N) is 1. The van der Waals surface area contributed by atoms with Crippen LogP contribution in [0.4, 0.5) is 10.1 Å². The van der Waals surface area contributed by atoms with Gasteiger partial charge in [-0.3, -0.25) is 4.79 Å². The van der Waals surface area contributed by atoms with Crippen molar-refractivity contribution >= 4 is 11.5 Å². The fourth-order valence-corrected chi connectivity index (χ4v) is 2.74. The Kier molecular flexibility index (Phi) is 4.40. The van der Waals surface area contributed by atoms with Gasteiger partial charge in [-0.05, 0) is 45.6 Å². The van der Waals surface area contributed by atoms with E-state index >= 15 is 0 Å². The molecule has 0 radical (unpaired) electrons. The van der Waals surface area contributed by atoms with E-state index in [-0.39, 0.29) is 11.8 Å². The Morgan fingerprint density at radius 3 is 2.75 bits per heavy atom. The van der Waals surface area contributed by atoms with Crippen LogP contribution in [0.5, 0.6) is 0 Å². The topological polar surface area (TPSA) is 43.8 Å². The van der Waals surface area contributed by atoms with Gasteiger partial charge in [0.05, 0.1) is 11.8 Å². The first kappa shape index (κ1) is 14.9. The molecule has 2 rings (SSSR count). The standard InChI is InChI=1S/C15H21FN2O2/c1-10(19)11-4-5-15(14(16)6-11)18-9-13(20)7-12(18)8-17(2)3/h4-6,12-13,20H,7-9H2,1-3H3. The summed E-state index contributed by atoms with van der Waals surface area (Å²) < 4.78 is 14.2. The molecule has 1 aromatic rings. The lowest BCUT2D eigenvalue weighted by molar-refractivity contribution is 0.101. The molecule has 20 heavy (non-hydrogen) atoms. The lowest BCUT2D eigenvalue weighted by Gasteiger charge is -2.29. The fourth-order valence-electron chi connectivity index (χ4n) is 2.74. The van der Waals surface area contributed by atoms with Crippen molar-refractivity contribution in [2.75, 3.05) is 32.1 Å². The van der Waals surface area contributed by atoms with Crippen molar-refractivity contribution in [1.82, 2.24) is 4.90 Å². The quantitative estimate of drug-likeness (QED) is 0.850. The van der Waals surface area contributed by atoms with E-state index in [4.69, 9.17) is 0 Å². The molecular weight excluding hydrogens is 259 g/mol. The van der Waals surface area contributed by atoms with Gasteiger partial charge < -0.3 is 14.9 Å². The number of rotatable bonds is 4. The van der Waals surface area contributed by atoms with E-state index in [1.807, 2.05) is 23.9 Å². The Morgan fingerprint density at radius 1 is 1.50 bits per heavy atom. The van der Waals surface area contributed by atoms with Crippen LogP contribution in [0.25, 0.3) is 0 Å². The van der Waals surface area contributed by atoms with Gasteiger partial charge in [0.2, 0.25) is 0 Å². The minimum absolute atomic E-state index is 0.0812. The monoisotopic (exact) mass is 280 g/mol. The van der Waals surface area contributed by atoms with Gasteiger partial charge in [0.1, 0.15) is 5.82 Å². The summed E-state index contributed by atoms with van der Waals surface area (Å²) in [7, 11) is 3.91. The van der Waals surface area contributed by atoms with Crippen molar-refractivity contribution in [3.8, 4) is 0 Å². The van der Waals surface area contributed by atoms with E-state index in [9.17, 15) is 14.3 Å². The Balaban J connectivity index is 2.27. The van der Waals surface area contributed by atoms with Crippen LogP contribution in [0, 0.1) is 5.82 Å². The zero-order valence-electron chi connectivity index (χ0n) is 12.1. The Labute approximate surface area is 118 Å². The van der Waals surface area contributed by atoms with E-state index in [1.54, 1.807) is 12.1 Å². The van der Waals surface area contributed by atoms with Crippen LogP contribution in [0.1, 0.15) is 23.7 Å². The number of aliphatic hydroxyl groups is 1. The maximum atomic E-state index is 14.2. The number of carbonyl (C=O) groups is 1. The Morgan fingerprint density at radius 2 is 2.20 bits per heavy atom. The minimum atomic E-state index is -0.438. The second-order valence-electron chi connectivity index (χ2n) is 5.68. The minimum Gasteiger partial charge on any atom is -0.391 e. The summed E-state index contributed by atoms with van der Waals surface area (Å²) in [5, 5.41) is 9.84. The summed E-state index contributed by atoms with van der Waals surface area (Å²) in [5.41, 5.74) is 0.827. The van der Waals surface area contributed by atoms with Gasteiger partial charge in [0, 0.05) is 24.7 Å². The van der Waals surface area contributed by atoms with Crippen molar-refractivity contribution in [1.29, 1.82) is 0 Å². The number of hydrogen-bond donors (Lipinski definition) is 1. The van der Waals surface area contributed by atoms with Crippen molar-refractivity contribution in [2.45, 2.75) is 25.5 Å². The number of aliphatic hydroxyl groups excluding tert-OH is 1. The summed E-state index contributed by atoms with van der Waals surface area (Å²) in [6, 6.07) is 4.62. The molecule has 2 atom stereocenters. The number of ketones is 1. The number of anilines is 1. The Bertz CT molecular complexity index is 505. The number of likely N-dealkylation sites (N-methyl/N-ethyl adjacent to an activating group) is 1. The van der Waals surface area contributed by atoms with Crippen molar-refractivity contribution in [3.63, 3.8) is 0 Å². The molecule has 1 aromatic carbocycles. The predicted octanol–water partition coefficient (Wildman–Crippen LogP) is 1.53. The van der Waals surface area contributed by atoms with E-state index in [2.05, 4.69) is 0 Å². The lowest BCUT2D eigenvalue weighted by atomic mass is 10.1. The molecule has 1 aliphatic rings.